The van der Waals surface area contributed by atoms with Crippen LogP contribution in [0, 0.1) is 29.6 Å². The molecule has 3 fully saturated rings. The highest BCUT2D eigenvalue weighted by atomic mass is 32.2. The first kappa shape index (κ1) is 18.4. The van der Waals surface area contributed by atoms with Crippen molar-refractivity contribution in [1.82, 2.24) is 4.98 Å². The van der Waals surface area contributed by atoms with Crippen LogP contribution in [0.2, 0.25) is 0 Å². The molecule has 0 spiro atoms. The molecule has 8 heteroatoms. The fourth-order valence-electron chi connectivity index (χ4n) is 6.64. The maximum atomic E-state index is 13.6. The summed E-state index contributed by atoms with van der Waals surface area (Å²) in [6.07, 6.45) is 0.929. The number of H-pyrrole nitrogens is 1. The van der Waals surface area contributed by atoms with Crippen LogP contribution in [0.4, 0.5) is 5.69 Å². The number of nitrogens with one attached hydrogen (secondary N) is 1. The van der Waals surface area contributed by atoms with E-state index in [1.165, 1.54) is 21.1 Å². The van der Waals surface area contributed by atoms with Gasteiger partial charge in [0.1, 0.15) is 0 Å². The van der Waals surface area contributed by atoms with Gasteiger partial charge in [-0.1, -0.05) is 35.6 Å². The predicted octanol–water partition coefficient (Wildman–Crippen LogP) is 4.18. The van der Waals surface area contributed by atoms with Gasteiger partial charge in [-0.2, -0.15) is 0 Å². The minimum atomic E-state index is -0.237. The first-order valence-electron chi connectivity index (χ1n) is 10.5. The number of benzene rings is 1. The van der Waals surface area contributed by atoms with Gasteiger partial charge in [0.15, 0.2) is 0 Å². The highest BCUT2D eigenvalue weighted by Gasteiger charge is 2.69. The van der Waals surface area contributed by atoms with E-state index in [1.807, 2.05) is 30.3 Å². The number of carbonyl (C=O) groups excluding carboxylic acids is 2. The summed E-state index contributed by atoms with van der Waals surface area (Å²) in [5.41, 5.74) is 0.681. The van der Waals surface area contributed by atoms with Gasteiger partial charge in [0.25, 0.3) is 0 Å². The van der Waals surface area contributed by atoms with Crippen LogP contribution in [0.25, 0.3) is 0 Å². The monoisotopic (exact) mass is 466 g/mol. The third-order valence-electron chi connectivity index (χ3n) is 7.59. The standard InChI is InChI=1S/C23H18N2O3S3/c26-21-15-11-9-12(16(15)22(27)25(21)10-5-2-1-3-6-10)18-14(11)17(13-7-4-8-29-13)19-20(30-18)24-23(28)31-19/h1-8,11-12,14-18H,9H2,(H,24,28)/t11-,12+,14+,15+,16+,17+,18-/m1/s1. The van der Waals surface area contributed by atoms with Gasteiger partial charge in [0.05, 0.1) is 22.5 Å². The van der Waals surface area contributed by atoms with Crippen molar-refractivity contribution in [2.24, 2.45) is 29.6 Å². The molecule has 0 unspecified atom stereocenters. The van der Waals surface area contributed by atoms with Crippen LogP contribution in [0.5, 0.6) is 0 Å². The van der Waals surface area contributed by atoms with Gasteiger partial charge in [0, 0.05) is 20.9 Å². The van der Waals surface area contributed by atoms with Gasteiger partial charge < -0.3 is 4.98 Å². The van der Waals surface area contributed by atoms with Crippen molar-refractivity contribution < 1.29 is 9.59 Å². The fourth-order valence-corrected chi connectivity index (χ4v) is 10.5. The quantitative estimate of drug-likeness (QED) is 0.576. The molecule has 4 heterocycles. The Bertz CT molecular complexity index is 1260. The van der Waals surface area contributed by atoms with Crippen LogP contribution in [0.1, 0.15) is 22.1 Å². The number of amides is 2. The Labute approximate surface area is 190 Å². The maximum Gasteiger partial charge on any atom is 0.305 e. The van der Waals surface area contributed by atoms with Gasteiger partial charge in [-0.25, -0.2) is 0 Å². The summed E-state index contributed by atoms with van der Waals surface area (Å²) in [6, 6.07) is 13.5. The van der Waals surface area contributed by atoms with Crippen LogP contribution in [-0.4, -0.2) is 22.0 Å². The lowest BCUT2D eigenvalue weighted by Gasteiger charge is -2.42. The lowest BCUT2D eigenvalue weighted by Crippen LogP contribution is -2.42. The molecule has 2 aliphatic carbocycles. The Morgan fingerprint density at radius 1 is 0.935 bits per heavy atom. The maximum absolute atomic E-state index is 13.6. The fraction of sp³-hybridized carbons (Fsp3) is 0.348. The van der Waals surface area contributed by atoms with E-state index in [1.54, 1.807) is 23.1 Å². The number of nitrogens with zero attached hydrogens (tertiary/aromatic N) is 1. The van der Waals surface area contributed by atoms with E-state index < -0.39 is 0 Å². The van der Waals surface area contributed by atoms with Crippen molar-refractivity contribution in [1.29, 1.82) is 0 Å². The van der Waals surface area contributed by atoms with Gasteiger partial charge in [0.2, 0.25) is 11.8 Å². The number of aromatic amines is 1. The number of rotatable bonds is 2. The highest BCUT2D eigenvalue weighted by Crippen LogP contribution is 2.68. The summed E-state index contributed by atoms with van der Waals surface area (Å²) in [6.45, 7) is 0. The number of carbonyl (C=O) groups is 2. The first-order chi connectivity index (χ1) is 15.1. The Morgan fingerprint density at radius 3 is 2.45 bits per heavy atom. The number of imide groups is 1. The molecule has 2 bridgehead atoms. The van der Waals surface area contributed by atoms with Gasteiger partial charge in [-0.05, 0) is 47.8 Å². The third-order valence-corrected chi connectivity index (χ3v) is 11.1. The van der Waals surface area contributed by atoms with Crippen LogP contribution >= 0.6 is 34.4 Å². The number of aromatic nitrogens is 1. The normalized spacial score (nSPS) is 35.4. The second kappa shape index (κ2) is 6.43. The minimum Gasteiger partial charge on any atom is -0.307 e. The van der Waals surface area contributed by atoms with Crippen molar-refractivity contribution in [3.05, 3.63) is 67.3 Å². The van der Waals surface area contributed by atoms with E-state index in [9.17, 15) is 14.4 Å². The largest absolute Gasteiger partial charge is 0.307 e. The third kappa shape index (κ3) is 2.36. The Hall–Kier alpha value is -2.16. The smallest absolute Gasteiger partial charge is 0.305 e. The molecule has 156 valence electrons. The van der Waals surface area contributed by atoms with Crippen molar-refractivity contribution >= 4 is 51.9 Å². The number of anilines is 1. The van der Waals surface area contributed by atoms with Gasteiger partial charge in [-0.15, -0.1) is 23.1 Å². The van der Waals surface area contributed by atoms with E-state index in [2.05, 4.69) is 22.5 Å². The summed E-state index contributed by atoms with van der Waals surface area (Å²) >= 11 is 4.77. The summed E-state index contributed by atoms with van der Waals surface area (Å²) in [5, 5.41) is 3.30. The van der Waals surface area contributed by atoms with E-state index in [4.69, 9.17) is 0 Å². The molecule has 2 aromatic heterocycles. The molecule has 1 saturated heterocycles. The summed E-state index contributed by atoms with van der Waals surface area (Å²) in [4.78, 5) is 46.1. The average Bonchev–Trinajstić information content (AvgIpc) is 3.56. The molecular weight excluding hydrogens is 448 g/mol. The summed E-state index contributed by atoms with van der Waals surface area (Å²) < 4.78 is 0. The van der Waals surface area contributed by atoms with E-state index >= 15 is 0 Å². The molecule has 1 N–H and O–H groups in total. The minimum absolute atomic E-state index is 0.0195. The van der Waals surface area contributed by atoms with Gasteiger partial charge >= 0.3 is 4.87 Å². The molecule has 2 aliphatic heterocycles. The summed E-state index contributed by atoms with van der Waals surface area (Å²) in [7, 11) is 0. The topological polar surface area (TPSA) is 70.2 Å². The van der Waals surface area contributed by atoms with E-state index in [0.717, 1.165) is 16.3 Å². The molecule has 2 amide bonds. The van der Waals surface area contributed by atoms with E-state index in [0.29, 0.717) is 5.69 Å². The van der Waals surface area contributed by atoms with Crippen molar-refractivity contribution in [2.75, 3.05) is 4.90 Å². The van der Waals surface area contributed by atoms with Crippen LogP contribution < -0.4 is 9.77 Å². The zero-order chi connectivity index (χ0) is 20.9. The molecule has 7 rings (SSSR count). The second-order valence-corrected chi connectivity index (χ2v) is 12.0. The van der Waals surface area contributed by atoms with Crippen molar-refractivity contribution in [3.63, 3.8) is 0 Å². The lowest BCUT2D eigenvalue weighted by molar-refractivity contribution is -0.123. The number of thiazole rings is 1. The van der Waals surface area contributed by atoms with Gasteiger partial charge in [-0.3, -0.25) is 19.3 Å². The number of hydrogen-bond acceptors (Lipinski definition) is 6. The molecule has 5 nitrogen and oxygen atoms in total. The number of thiophene rings is 1. The van der Waals surface area contributed by atoms with Crippen molar-refractivity contribution in [2.45, 2.75) is 22.6 Å². The molecule has 3 aromatic rings. The van der Waals surface area contributed by atoms with E-state index in [-0.39, 0.29) is 57.4 Å². The summed E-state index contributed by atoms with van der Waals surface area (Å²) in [5.74, 6) is 0.224. The average molecular weight is 467 g/mol. The number of fused-ring (bicyclic) bond motifs is 9. The molecule has 7 atom stereocenters. The van der Waals surface area contributed by atoms with Crippen molar-refractivity contribution in [3.8, 4) is 0 Å². The highest BCUT2D eigenvalue weighted by molar-refractivity contribution is 8.00. The van der Waals surface area contributed by atoms with Crippen LogP contribution in [0.15, 0.2) is 57.7 Å². The number of thioether (sulfide) groups is 1. The lowest BCUT2D eigenvalue weighted by atomic mass is 9.69. The molecule has 0 radical (unpaired) electrons. The molecule has 1 aromatic carbocycles. The molecular formula is C23H18N2O3S3. The SMILES string of the molecule is O=C1[C@H]2[C@@H]3C[C@@H]([C@@H]2C(=O)N1c1ccccc1)[C@H]1[C@H](c2cccs2)c2sc(=O)[nH]c2S[C@H]31. The number of hydrogen-bond donors (Lipinski definition) is 1. The number of para-hydroxylation sites is 1. The predicted molar refractivity (Wildman–Crippen MR) is 122 cm³/mol. The second-order valence-electron chi connectivity index (χ2n) is 8.82. The molecule has 2 saturated carbocycles. The molecule has 31 heavy (non-hydrogen) atoms. The Kier molecular flexibility index (Phi) is 3.82. The van der Waals surface area contributed by atoms with Crippen LogP contribution in [-0.2, 0) is 9.59 Å². The van der Waals surface area contributed by atoms with Crippen LogP contribution in [0.3, 0.4) is 0 Å². The first-order valence-corrected chi connectivity index (χ1v) is 13.1. The zero-order valence-corrected chi connectivity index (χ0v) is 18.7. The Morgan fingerprint density at radius 2 is 1.71 bits per heavy atom. The molecule has 4 aliphatic rings. The zero-order valence-electron chi connectivity index (χ0n) is 16.3. The Balaban J connectivity index is 1.34.